The molecule has 0 radical (unpaired) electrons. The molecule has 3 aromatic rings. The van der Waals surface area contributed by atoms with Crippen LogP contribution >= 0.6 is 24.0 Å². The molecule has 31 heavy (non-hydrogen) atoms. The molecule has 0 saturated carbocycles. The number of nitrogens with zero attached hydrogens (tertiary/aromatic N) is 2. The van der Waals surface area contributed by atoms with Crippen molar-refractivity contribution in [3.63, 3.8) is 0 Å². The Labute approximate surface area is 187 Å². The number of hydrogen-bond donors (Lipinski definition) is 1. The van der Waals surface area contributed by atoms with Crippen LogP contribution < -0.4 is 4.90 Å². The van der Waals surface area contributed by atoms with Crippen LogP contribution in [0.1, 0.15) is 27.3 Å². The third-order valence-corrected chi connectivity index (χ3v) is 6.29. The second kappa shape index (κ2) is 8.13. The first-order valence-electron chi connectivity index (χ1n) is 9.32. The molecule has 1 N–H and O–H groups in total. The molecule has 4 rings (SSSR count). The first kappa shape index (κ1) is 21.0. The minimum absolute atomic E-state index is 0.215. The number of carbonyl (C=O) groups is 2. The van der Waals surface area contributed by atoms with Gasteiger partial charge in [-0.25, -0.2) is 9.18 Å². The van der Waals surface area contributed by atoms with Crippen molar-refractivity contribution in [1.29, 1.82) is 0 Å². The van der Waals surface area contributed by atoms with Gasteiger partial charge in [0.15, 0.2) is 4.32 Å². The highest BCUT2D eigenvalue weighted by atomic mass is 32.2. The van der Waals surface area contributed by atoms with Gasteiger partial charge in [0.2, 0.25) is 0 Å². The number of carboxylic acids is 1. The Balaban J connectivity index is 1.68. The maximum atomic E-state index is 13.6. The Bertz CT molecular complexity index is 1260. The summed E-state index contributed by atoms with van der Waals surface area (Å²) in [5, 5.41) is 9.10. The van der Waals surface area contributed by atoms with E-state index in [1.807, 2.05) is 24.5 Å². The largest absolute Gasteiger partial charge is 0.478 e. The Morgan fingerprint density at radius 2 is 1.81 bits per heavy atom. The molecular formula is C23H17FN2O3S2. The standard InChI is InChI=1S/C23H17FN2O3S2/c1-13-10-16(14(2)25(13)18-8-6-15(7-9-18)22(28)29)11-20-21(27)26(23(30)31-20)19-5-3-4-17(24)12-19/h3-12H,1-2H3,(H,28,29)/b20-11-. The topological polar surface area (TPSA) is 62.5 Å². The van der Waals surface area contributed by atoms with Gasteiger partial charge in [-0.15, -0.1) is 0 Å². The molecule has 1 aromatic heterocycles. The van der Waals surface area contributed by atoms with Crippen LogP contribution in [0.4, 0.5) is 10.1 Å². The Morgan fingerprint density at radius 1 is 1.10 bits per heavy atom. The van der Waals surface area contributed by atoms with Crippen LogP contribution in [0.2, 0.25) is 0 Å². The fourth-order valence-corrected chi connectivity index (χ4v) is 4.82. The van der Waals surface area contributed by atoms with E-state index in [0.29, 0.717) is 14.9 Å². The lowest BCUT2D eigenvalue weighted by molar-refractivity contribution is -0.113. The van der Waals surface area contributed by atoms with Gasteiger partial charge in [0, 0.05) is 17.1 Å². The summed E-state index contributed by atoms with van der Waals surface area (Å²) in [4.78, 5) is 25.9. The molecule has 0 aliphatic carbocycles. The van der Waals surface area contributed by atoms with Crippen LogP contribution in [0, 0.1) is 19.7 Å². The van der Waals surface area contributed by atoms with E-state index < -0.39 is 11.8 Å². The van der Waals surface area contributed by atoms with E-state index in [4.69, 9.17) is 17.3 Å². The number of benzene rings is 2. The van der Waals surface area contributed by atoms with Gasteiger partial charge in [-0.3, -0.25) is 9.69 Å². The highest BCUT2D eigenvalue weighted by molar-refractivity contribution is 8.27. The van der Waals surface area contributed by atoms with Crippen LogP contribution in [0.5, 0.6) is 0 Å². The average molecular weight is 453 g/mol. The van der Waals surface area contributed by atoms with Gasteiger partial charge in [-0.2, -0.15) is 0 Å². The van der Waals surface area contributed by atoms with Crippen LogP contribution in [0.25, 0.3) is 11.8 Å². The minimum Gasteiger partial charge on any atom is -0.478 e. The summed E-state index contributed by atoms with van der Waals surface area (Å²) < 4.78 is 15.9. The highest BCUT2D eigenvalue weighted by Crippen LogP contribution is 2.37. The quantitative estimate of drug-likeness (QED) is 0.428. The van der Waals surface area contributed by atoms with Crippen molar-refractivity contribution in [2.24, 2.45) is 0 Å². The number of carboxylic acid groups (broad SMARTS) is 1. The second-order valence-electron chi connectivity index (χ2n) is 7.01. The fraction of sp³-hybridized carbons (Fsp3) is 0.0870. The van der Waals surface area contributed by atoms with Gasteiger partial charge in [0.25, 0.3) is 5.91 Å². The van der Waals surface area contributed by atoms with Crippen LogP contribution in [0.3, 0.4) is 0 Å². The summed E-state index contributed by atoms with van der Waals surface area (Å²) in [5.41, 5.74) is 4.12. The highest BCUT2D eigenvalue weighted by Gasteiger charge is 2.33. The van der Waals surface area contributed by atoms with E-state index in [2.05, 4.69) is 0 Å². The lowest BCUT2D eigenvalue weighted by atomic mass is 10.2. The predicted octanol–water partition coefficient (Wildman–Crippen LogP) is 5.34. The first-order valence-corrected chi connectivity index (χ1v) is 10.5. The van der Waals surface area contributed by atoms with Crippen LogP contribution in [0.15, 0.2) is 59.5 Å². The van der Waals surface area contributed by atoms with E-state index in [0.717, 1.165) is 22.6 Å². The predicted molar refractivity (Wildman–Crippen MR) is 124 cm³/mol. The van der Waals surface area contributed by atoms with Crippen molar-refractivity contribution in [2.45, 2.75) is 13.8 Å². The van der Waals surface area contributed by atoms with Crippen molar-refractivity contribution in [1.82, 2.24) is 4.57 Å². The van der Waals surface area contributed by atoms with Crippen molar-refractivity contribution >= 4 is 51.9 Å². The van der Waals surface area contributed by atoms with Crippen molar-refractivity contribution < 1.29 is 19.1 Å². The number of aromatic carboxylic acids is 1. The molecule has 1 fully saturated rings. The number of halogens is 1. The van der Waals surface area contributed by atoms with E-state index in [1.165, 1.54) is 34.9 Å². The van der Waals surface area contributed by atoms with E-state index in [-0.39, 0.29) is 11.5 Å². The Hall–Kier alpha value is -3.23. The summed E-state index contributed by atoms with van der Waals surface area (Å²) in [7, 11) is 0. The average Bonchev–Trinajstić information content (AvgIpc) is 3.16. The maximum Gasteiger partial charge on any atom is 0.335 e. The van der Waals surface area contributed by atoms with Gasteiger partial charge in [-0.05, 0) is 74.0 Å². The smallest absolute Gasteiger partial charge is 0.335 e. The number of thiocarbonyl (C=S) groups is 1. The van der Waals surface area contributed by atoms with E-state index >= 15 is 0 Å². The number of rotatable bonds is 4. The third kappa shape index (κ3) is 3.92. The van der Waals surface area contributed by atoms with Gasteiger partial charge in [0.05, 0.1) is 16.2 Å². The summed E-state index contributed by atoms with van der Waals surface area (Å²) in [5.74, 6) is -1.71. The molecule has 1 aliphatic rings. The minimum atomic E-state index is -0.978. The molecule has 8 heteroatoms. The zero-order valence-corrected chi connectivity index (χ0v) is 18.3. The summed E-state index contributed by atoms with van der Waals surface area (Å²) in [6, 6.07) is 14.3. The van der Waals surface area contributed by atoms with E-state index in [1.54, 1.807) is 36.4 Å². The monoisotopic (exact) mass is 452 g/mol. The fourth-order valence-electron chi connectivity index (χ4n) is 3.53. The maximum absolute atomic E-state index is 13.6. The zero-order valence-electron chi connectivity index (χ0n) is 16.6. The number of hydrogen-bond acceptors (Lipinski definition) is 4. The molecule has 1 saturated heterocycles. The normalized spacial score (nSPS) is 15.2. The summed E-state index contributed by atoms with van der Waals surface area (Å²) in [6.07, 6.45) is 1.78. The third-order valence-electron chi connectivity index (χ3n) is 4.99. The molecule has 2 heterocycles. The molecule has 5 nitrogen and oxygen atoms in total. The first-order chi connectivity index (χ1) is 14.8. The van der Waals surface area contributed by atoms with Gasteiger partial charge in [-0.1, -0.05) is 30.0 Å². The lowest BCUT2D eigenvalue weighted by Crippen LogP contribution is -2.27. The van der Waals surface area contributed by atoms with Crippen LogP contribution in [-0.2, 0) is 4.79 Å². The van der Waals surface area contributed by atoms with Gasteiger partial charge >= 0.3 is 5.97 Å². The van der Waals surface area contributed by atoms with Crippen molar-refractivity contribution in [3.05, 3.63) is 87.8 Å². The number of amides is 1. The molecule has 1 amide bonds. The molecule has 1 aliphatic heterocycles. The SMILES string of the molecule is Cc1cc(/C=C2\SC(=S)N(c3cccc(F)c3)C2=O)c(C)n1-c1ccc(C(=O)O)cc1. The van der Waals surface area contributed by atoms with Crippen LogP contribution in [-0.4, -0.2) is 25.9 Å². The Kier molecular flexibility index (Phi) is 5.51. The number of aryl methyl sites for hydroxylation is 1. The van der Waals surface area contributed by atoms with Crippen molar-refractivity contribution in [3.8, 4) is 5.69 Å². The molecule has 0 bridgehead atoms. The number of carbonyl (C=O) groups excluding carboxylic acids is 1. The van der Waals surface area contributed by atoms with Crippen molar-refractivity contribution in [2.75, 3.05) is 4.90 Å². The molecule has 156 valence electrons. The summed E-state index contributed by atoms with van der Waals surface area (Å²) >= 11 is 6.54. The second-order valence-corrected chi connectivity index (χ2v) is 8.69. The van der Waals surface area contributed by atoms with Gasteiger partial charge in [0.1, 0.15) is 5.82 Å². The molecule has 0 spiro atoms. The van der Waals surface area contributed by atoms with Gasteiger partial charge < -0.3 is 9.67 Å². The number of aromatic nitrogens is 1. The number of anilines is 1. The zero-order chi connectivity index (χ0) is 22.3. The molecule has 0 atom stereocenters. The van der Waals surface area contributed by atoms with E-state index in [9.17, 15) is 14.0 Å². The molecule has 0 unspecified atom stereocenters. The lowest BCUT2D eigenvalue weighted by Gasteiger charge is -2.14. The summed E-state index contributed by atoms with van der Waals surface area (Å²) in [6.45, 7) is 3.87. The molecular weight excluding hydrogens is 435 g/mol. The number of thioether (sulfide) groups is 1. The molecule has 2 aromatic carbocycles. The Morgan fingerprint density at radius 3 is 2.45 bits per heavy atom.